The minimum atomic E-state index is -0.258. The SMILES string of the molecule is Cc1ccc(NC(=O)CSCCN2C(=O)c3ccccc3C2=O)c(C)c1. The fraction of sp³-hybridized carbons (Fsp3) is 0.250. The molecule has 1 heterocycles. The van der Waals surface area contributed by atoms with E-state index in [0.29, 0.717) is 23.4 Å². The summed E-state index contributed by atoms with van der Waals surface area (Å²) < 4.78 is 0. The monoisotopic (exact) mass is 368 g/mol. The Morgan fingerprint density at radius 3 is 2.31 bits per heavy atom. The summed E-state index contributed by atoms with van der Waals surface area (Å²) in [4.78, 5) is 37.8. The zero-order valence-corrected chi connectivity index (χ0v) is 15.6. The smallest absolute Gasteiger partial charge is 0.261 e. The van der Waals surface area contributed by atoms with E-state index in [9.17, 15) is 14.4 Å². The summed E-state index contributed by atoms with van der Waals surface area (Å²) in [5, 5.41) is 2.89. The van der Waals surface area contributed by atoms with Crippen LogP contribution in [-0.2, 0) is 4.79 Å². The van der Waals surface area contributed by atoms with Crippen molar-refractivity contribution in [1.29, 1.82) is 0 Å². The zero-order valence-electron chi connectivity index (χ0n) is 14.7. The van der Waals surface area contributed by atoms with Gasteiger partial charge in [0.1, 0.15) is 0 Å². The molecule has 1 aliphatic rings. The zero-order chi connectivity index (χ0) is 18.7. The third-order valence-corrected chi connectivity index (χ3v) is 5.16. The Morgan fingerprint density at radius 2 is 1.69 bits per heavy atom. The highest BCUT2D eigenvalue weighted by molar-refractivity contribution is 7.99. The molecule has 3 amide bonds. The molecule has 0 bridgehead atoms. The number of anilines is 1. The number of carbonyl (C=O) groups is 3. The number of rotatable bonds is 6. The van der Waals surface area contributed by atoms with Crippen LogP contribution in [0, 0.1) is 13.8 Å². The van der Waals surface area contributed by atoms with E-state index in [0.717, 1.165) is 16.8 Å². The third kappa shape index (κ3) is 3.80. The molecule has 2 aromatic carbocycles. The van der Waals surface area contributed by atoms with Crippen molar-refractivity contribution in [2.75, 3.05) is 23.4 Å². The molecule has 0 unspecified atom stereocenters. The van der Waals surface area contributed by atoms with Gasteiger partial charge in [0.05, 0.1) is 16.9 Å². The molecule has 0 atom stereocenters. The number of hydrogen-bond donors (Lipinski definition) is 1. The van der Waals surface area contributed by atoms with Gasteiger partial charge in [-0.15, -0.1) is 0 Å². The van der Waals surface area contributed by atoms with Crippen molar-refractivity contribution in [2.45, 2.75) is 13.8 Å². The Labute approximate surface area is 156 Å². The Balaban J connectivity index is 1.47. The van der Waals surface area contributed by atoms with E-state index >= 15 is 0 Å². The second kappa shape index (κ2) is 7.74. The molecule has 6 heteroatoms. The average Bonchev–Trinajstić information content (AvgIpc) is 2.86. The van der Waals surface area contributed by atoms with Gasteiger partial charge in [0, 0.05) is 18.0 Å². The van der Waals surface area contributed by atoms with Crippen LogP contribution >= 0.6 is 11.8 Å². The molecule has 3 rings (SSSR count). The van der Waals surface area contributed by atoms with Gasteiger partial charge in [-0.1, -0.05) is 29.8 Å². The minimum absolute atomic E-state index is 0.0932. The lowest BCUT2D eigenvalue weighted by atomic mass is 10.1. The van der Waals surface area contributed by atoms with Crippen LogP contribution in [0.3, 0.4) is 0 Å². The number of aryl methyl sites for hydroxylation is 2. The summed E-state index contributed by atoms with van der Waals surface area (Å²) in [7, 11) is 0. The van der Waals surface area contributed by atoms with E-state index in [-0.39, 0.29) is 23.5 Å². The van der Waals surface area contributed by atoms with Crippen LogP contribution in [0.1, 0.15) is 31.8 Å². The number of nitrogens with one attached hydrogen (secondary N) is 1. The summed E-state index contributed by atoms with van der Waals surface area (Å²) in [5.74, 6) is 0.184. The Kier molecular flexibility index (Phi) is 5.42. The molecule has 0 saturated carbocycles. The Bertz CT molecular complexity index is 844. The highest BCUT2D eigenvalue weighted by Crippen LogP contribution is 2.22. The molecule has 0 fully saturated rings. The number of hydrogen-bond acceptors (Lipinski definition) is 4. The van der Waals surface area contributed by atoms with Crippen molar-refractivity contribution in [2.24, 2.45) is 0 Å². The first-order chi connectivity index (χ1) is 12.5. The lowest BCUT2D eigenvalue weighted by Gasteiger charge is -2.13. The molecule has 1 N–H and O–H groups in total. The van der Waals surface area contributed by atoms with Gasteiger partial charge in [0.25, 0.3) is 11.8 Å². The maximum Gasteiger partial charge on any atom is 0.261 e. The number of thioether (sulfide) groups is 1. The van der Waals surface area contributed by atoms with Gasteiger partial charge in [-0.2, -0.15) is 11.8 Å². The van der Waals surface area contributed by atoms with Gasteiger partial charge in [-0.25, -0.2) is 0 Å². The number of fused-ring (bicyclic) bond motifs is 1. The van der Waals surface area contributed by atoms with Crippen LogP contribution < -0.4 is 5.32 Å². The Morgan fingerprint density at radius 1 is 1.04 bits per heavy atom. The molecule has 0 saturated heterocycles. The minimum Gasteiger partial charge on any atom is -0.325 e. The fourth-order valence-corrected chi connectivity index (χ4v) is 3.62. The first-order valence-electron chi connectivity index (χ1n) is 8.37. The van der Waals surface area contributed by atoms with Crippen molar-refractivity contribution < 1.29 is 14.4 Å². The van der Waals surface area contributed by atoms with Gasteiger partial charge in [0.15, 0.2) is 0 Å². The molecule has 0 spiro atoms. The first-order valence-corrected chi connectivity index (χ1v) is 9.53. The van der Waals surface area contributed by atoms with Crippen LogP contribution in [0.15, 0.2) is 42.5 Å². The number of carbonyl (C=O) groups excluding carboxylic acids is 3. The van der Waals surface area contributed by atoms with E-state index in [1.165, 1.54) is 16.7 Å². The average molecular weight is 368 g/mol. The molecule has 0 aliphatic carbocycles. The van der Waals surface area contributed by atoms with Crippen LogP contribution in [0.2, 0.25) is 0 Å². The lowest BCUT2D eigenvalue weighted by molar-refractivity contribution is -0.113. The summed E-state index contributed by atoms with van der Waals surface area (Å²) in [6, 6.07) is 12.7. The van der Waals surface area contributed by atoms with Crippen LogP contribution in [0.4, 0.5) is 5.69 Å². The van der Waals surface area contributed by atoms with E-state index in [1.54, 1.807) is 24.3 Å². The normalized spacial score (nSPS) is 13.1. The predicted molar refractivity (Wildman–Crippen MR) is 104 cm³/mol. The number of nitrogens with zero attached hydrogens (tertiary/aromatic N) is 1. The summed E-state index contributed by atoms with van der Waals surface area (Å²) in [5.41, 5.74) is 3.89. The van der Waals surface area contributed by atoms with Gasteiger partial charge in [0.2, 0.25) is 5.91 Å². The van der Waals surface area contributed by atoms with Crippen molar-refractivity contribution in [1.82, 2.24) is 4.90 Å². The molecule has 26 heavy (non-hydrogen) atoms. The molecular weight excluding hydrogens is 348 g/mol. The van der Waals surface area contributed by atoms with Gasteiger partial charge in [-0.3, -0.25) is 19.3 Å². The number of amides is 3. The van der Waals surface area contributed by atoms with Gasteiger partial charge in [-0.05, 0) is 37.6 Å². The highest BCUT2D eigenvalue weighted by atomic mass is 32.2. The quantitative estimate of drug-likeness (QED) is 0.628. The maximum absolute atomic E-state index is 12.3. The summed E-state index contributed by atoms with van der Waals surface area (Å²) in [6.07, 6.45) is 0. The third-order valence-electron chi connectivity index (χ3n) is 4.23. The number of benzene rings is 2. The molecule has 134 valence electrons. The second-order valence-corrected chi connectivity index (χ2v) is 7.33. The molecule has 5 nitrogen and oxygen atoms in total. The van der Waals surface area contributed by atoms with Crippen molar-refractivity contribution in [3.8, 4) is 0 Å². The van der Waals surface area contributed by atoms with E-state index in [1.807, 2.05) is 32.0 Å². The fourth-order valence-electron chi connectivity index (χ4n) is 2.90. The van der Waals surface area contributed by atoms with Crippen LogP contribution in [0.25, 0.3) is 0 Å². The van der Waals surface area contributed by atoms with Crippen molar-refractivity contribution in [3.05, 3.63) is 64.7 Å². The van der Waals surface area contributed by atoms with Crippen LogP contribution in [0.5, 0.6) is 0 Å². The molecular formula is C20H20N2O3S. The highest BCUT2D eigenvalue weighted by Gasteiger charge is 2.34. The second-order valence-electron chi connectivity index (χ2n) is 6.23. The molecule has 0 aromatic heterocycles. The van der Waals surface area contributed by atoms with Crippen molar-refractivity contribution in [3.63, 3.8) is 0 Å². The van der Waals surface area contributed by atoms with E-state index < -0.39 is 0 Å². The molecule has 1 aliphatic heterocycles. The largest absolute Gasteiger partial charge is 0.325 e. The van der Waals surface area contributed by atoms with Gasteiger partial charge < -0.3 is 5.32 Å². The summed E-state index contributed by atoms with van der Waals surface area (Å²) >= 11 is 1.40. The maximum atomic E-state index is 12.3. The van der Waals surface area contributed by atoms with E-state index in [4.69, 9.17) is 0 Å². The van der Waals surface area contributed by atoms with E-state index in [2.05, 4.69) is 5.32 Å². The first kappa shape index (κ1) is 18.2. The molecule has 0 radical (unpaired) electrons. The van der Waals surface area contributed by atoms with Gasteiger partial charge >= 0.3 is 0 Å². The topological polar surface area (TPSA) is 66.5 Å². The lowest BCUT2D eigenvalue weighted by Crippen LogP contribution is -2.32. The van der Waals surface area contributed by atoms with Crippen molar-refractivity contribution >= 4 is 35.2 Å². The number of imide groups is 1. The molecule has 2 aromatic rings. The Hall–Kier alpha value is -2.60. The standard InChI is InChI=1S/C20H20N2O3S/c1-13-7-8-17(14(2)11-13)21-18(23)12-26-10-9-22-19(24)15-5-3-4-6-16(15)20(22)25/h3-8,11H,9-10,12H2,1-2H3,(H,21,23). The predicted octanol–water partition coefficient (Wildman–Crippen LogP) is 3.27. The van der Waals surface area contributed by atoms with Crippen LogP contribution in [-0.4, -0.2) is 40.7 Å². The summed E-state index contributed by atoms with van der Waals surface area (Å²) in [6.45, 7) is 4.26.